The molecule has 152 valence electrons. The van der Waals surface area contributed by atoms with Crippen LogP contribution >= 0.6 is 11.6 Å². The van der Waals surface area contributed by atoms with Crippen LogP contribution in [0.3, 0.4) is 0 Å². The van der Waals surface area contributed by atoms with Crippen LogP contribution in [0.25, 0.3) is 0 Å². The highest BCUT2D eigenvalue weighted by Gasteiger charge is 2.20. The van der Waals surface area contributed by atoms with Crippen molar-refractivity contribution >= 4 is 23.1 Å². The second kappa shape index (κ2) is 8.40. The van der Waals surface area contributed by atoms with E-state index in [9.17, 15) is 13.6 Å². The minimum atomic E-state index is -0.560. The minimum Gasteiger partial charge on any atom is -0.299 e. The SMILES string of the molecule is C[C@@H](CC(=O)Cc1cc2c(cn1)C(c1ccnc(F)c1)=NC2)c1ccc(F)c(Cl)c1. The van der Waals surface area contributed by atoms with Gasteiger partial charge in [-0.05, 0) is 41.3 Å². The molecular weight excluding hydrogens is 408 g/mol. The van der Waals surface area contributed by atoms with Gasteiger partial charge in [0.2, 0.25) is 5.95 Å². The van der Waals surface area contributed by atoms with Crippen molar-refractivity contribution in [1.29, 1.82) is 0 Å². The number of Topliss-reactive ketones (excluding diaryl/α,β-unsaturated/α-hetero) is 1. The Balaban J connectivity index is 1.44. The van der Waals surface area contributed by atoms with E-state index in [0.29, 0.717) is 29.9 Å². The summed E-state index contributed by atoms with van der Waals surface area (Å²) in [6.45, 7) is 2.37. The average Bonchev–Trinajstić information content (AvgIpc) is 3.13. The van der Waals surface area contributed by atoms with Crippen LogP contribution in [0.1, 0.15) is 47.2 Å². The topological polar surface area (TPSA) is 55.2 Å². The third-order valence-corrected chi connectivity index (χ3v) is 5.42. The highest BCUT2D eigenvalue weighted by Crippen LogP contribution is 2.26. The maximum Gasteiger partial charge on any atom is 0.213 e. The van der Waals surface area contributed by atoms with E-state index in [0.717, 1.165) is 16.7 Å². The lowest BCUT2D eigenvalue weighted by Gasteiger charge is -2.12. The van der Waals surface area contributed by atoms with Crippen molar-refractivity contribution < 1.29 is 13.6 Å². The molecule has 1 aliphatic heterocycles. The van der Waals surface area contributed by atoms with Crippen LogP contribution in [0.4, 0.5) is 8.78 Å². The van der Waals surface area contributed by atoms with Gasteiger partial charge < -0.3 is 0 Å². The number of nitrogens with zero attached hydrogens (tertiary/aromatic N) is 3. The van der Waals surface area contributed by atoms with Crippen molar-refractivity contribution in [2.75, 3.05) is 0 Å². The van der Waals surface area contributed by atoms with Gasteiger partial charge in [0.25, 0.3) is 0 Å². The number of fused-ring (bicyclic) bond motifs is 1. The van der Waals surface area contributed by atoms with Crippen LogP contribution in [0.15, 0.2) is 53.8 Å². The molecule has 0 aliphatic carbocycles. The lowest BCUT2D eigenvalue weighted by atomic mass is 9.94. The number of carbonyl (C=O) groups is 1. The normalized spacial score (nSPS) is 13.7. The molecule has 0 saturated carbocycles. The number of rotatable bonds is 6. The first-order chi connectivity index (χ1) is 14.4. The summed E-state index contributed by atoms with van der Waals surface area (Å²) in [6.07, 6.45) is 3.59. The van der Waals surface area contributed by atoms with E-state index in [2.05, 4.69) is 15.0 Å². The van der Waals surface area contributed by atoms with Gasteiger partial charge in [-0.25, -0.2) is 9.37 Å². The molecule has 0 fully saturated rings. The number of hydrogen-bond donors (Lipinski definition) is 0. The molecular formula is C23H18ClF2N3O. The molecule has 2 aromatic heterocycles. The number of benzene rings is 1. The van der Waals surface area contributed by atoms with Gasteiger partial charge >= 0.3 is 0 Å². The lowest BCUT2D eigenvalue weighted by molar-refractivity contribution is -0.118. The molecule has 0 radical (unpaired) electrons. The average molecular weight is 426 g/mol. The predicted octanol–water partition coefficient (Wildman–Crippen LogP) is 5.06. The monoisotopic (exact) mass is 425 g/mol. The number of aromatic nitrogens is 2. The minimum absolute atomic E-state index is 0.0331. The van der Waals surface area contributed by atoms with E-state index < -0.39 is 11.8 Å². The fourth-order valence-electron chi connectivity index (χ4n) is 3.59. The van der Waals surface area contributed by atoms with Crippen LogP contribution in [0, 0.1) is 11.8 Å². The van der Waals surface area contributed by atoms with E-state index in [1.165, 1.54) is 18.3 Å². The van der Waals surface area contributed by atoms with Crippen LogP contribution < -0.4 is 0 Å². The summed E-state index contributed by atoms with van der Waals surface area (Å²) in [4.78, 5) is 25.0. The van der Waals surface area contributed by atoms with Crippen molar-refractivity contribution in [1.82, 2.24) is 9.97 Å². The highest BCUT2D eigenvalue weighted by molar-refractivity contribution is 6.30. The highest BCUT2D eigenvalue weighted by atomic mass is 35.5. The number of pyridine rings is 2. The summed E-state index contributed by atoms with van der Waals surface area (Å²) in [5.41, 5.74) is 4.61. The van der Waals surface area contributed by atoms with Crippen LogP contribution in [0.2, 0.25) is 5.02 Å². The molecule has 0 N–H and O–H groups in total. The number of ketones is 1. The van der Waals surface area contributed by atoms with E-state index >= 15 is 0 Å². The van der Waals surface area contributed by atoms with Gasteiger partial charge in [0.15, 0.2) is 0 Å². The first kappa shape index (κ1) is 20.3. The molecule has 0 bridgehead atoms. The zero-order valence-corrected chi connectivity index (χ0v) is 17.0. The third kappa shape index (κ3) is 4.28. The smallest absolute Gasteiger partial charge is 0.213 e. The summed E-state index contributed by atoms with van der Waals surface area (Å²) < 4.78 is 26.8. The molecule has 4 rings (SSSR count). The van der Waals surface area contributed by atoms with Gasteiger partial charge in [0.1, 0.15) is 11.6 Å². The van der Waals surface area contributed by atoms with Crippen molar-refractivity contribution in [3.05, 3.63) is 93.5 Å². The molecule has 1 aliphatic rings. The Labute approximate surface area is 177 Å². The predicted molar refractivity (Wildman–Crippen MR) is 111 cm³/mol. The van der Waals surface area contributed by atoms with Crippen molar-refractivity contribution in [2.45, 2.75) is 32.2 Å². The van der Waals surface area contributed by atoms with Gasteiger partial charge in [-0.15, -0.1) is 0 Å². The number of aliphatic imine (C=N–C) groups is 1. The maximum absolute atomic E-state index is 13.4. The molecule has 0 amide bonds. The molecule has 0 saturated heterocycles. The van der Waals surface area contributed by atoms with Gasteiger partial charge in [0, 0.05) is 48.1 Å². The fourth-order valence-corrected chi connectivity index (χ4v) is 3.77. The largest absolute Gasteiger partial charge is 0.299 e. The molecule has 30 heavy (non-hydrogen) atoms. The Bertz CT molecular complexity index is 1160. The molecule has 0 unspecified atom stereocenters. The van der Waals surface area contributed by atoms with E-state index in [1.54, 1.807) is 24.4 Å². The fraction of sp³-hybridized carbons (Fsp3) is 0.217. The summed E-state index contributed by atoms with van der Waals surface area (Å²) in [5, 5.41) is 0.0528. The molecule has 3 heterocycles. The van der Waals surface area contributed by atoms with Crippen molar-refractivity contribution in [3.63, 3.8) is 0 Å². The molecule has 3 aromatic rings. The summed E-state index contributed by atoms with van der Waals surface area (Å²) in [5.74, 6) is -1.08. The van der Waals surface area contributed by atoms with Gasteiger partial charge in [0.05, 0.1) is 17.3 Å². The van der Waals surface area contributed by atoms with Crippen LogP contribution in [0.5, 0.6) is 0 Å². The number of halogens is 3. The number of hydrogen-bond acceptors (Lipinski definition) is 4. The Kier molecular flexibility index (Phi) is 5.68. The second-order valence-corrected chi connectivity index (χ2v) is 7.77. The second-order valence-electron chi connectivity index (χ2n) is 7.36. The summed E-state index contributed by atoms with van der Waals surface area (Å²) in [6, 6.07) is 9.44. The molecule has 4 nitrogen and oxygen atoms in total. The van der Waals surface area contributed by atoms with Gasteiger partial charge in [-0.1, -0.05) is 24.6 Å². The Morgan fingerprint density at radius 3 is 2.77 bits per heavy atom. The Morgan fingerprint density at radius 1 is 1.17 bits per heavy atom. The van der Waals surface area contributed by atoms with Crippen molar-refractivity contribution in [3.8, 4) is 0 Å². The lowest BCUT2D eigenvalue weighted by Crippen LogP contribution is -2.10. The number of carbonyl (C=O) groups excluding carboxylic acids is 1. The molecule has 0 spiro atoms. The zero-order chi connectivity index (χ0) is 21.3. The first-order valence-electron chi connectivity index (χ1n) is 9.52. The molecule has 7 heteroatoms. The van der Waals surface area contributed by atoms with Crippen LogP contribution in [-0.2, 0) is 17.8 Å². The Hall–Kier alpha value is -2.99. The molecule has 1 atom stereocenters. The van der Waals surface area contributed by atoms with E-state index in [1.807, 2.05) is 13.0 Å². The van der Waals surface area contributed by atoms with Crippen molar-refractivity contribution in [2.24, 2.45) is 4.99 Å². The Morgan fingerprint density at radius 2 is 2.00 bits per heavy atom. The standard InChI is InChI=1S/C23H18ClF2N3O/c1-13(14-2-3-21(25)20(24)8-14)6-18(30)10-17-7-16-11-29-23(19(16)12-28-17)15-4-5-27-22(26)9-15/h2-5,7-9,12-13H,6,10-11H2,1H3/t13-/m0/s1. The van der Waals surface area contributed by atoms with Gasteiger partial charge in [-0.2, -0.15) is 4.39 Å². The van der Waals surface area contributed by atoms with Gasteiger partial charge in [-0.3, -0.25) is 14.8 Å². The van der Waals surface area contributed by atoms with E-state index in [-0.39, 0.29) is 23.1 Å². The maximum atomic E-state index is 13.4. The summed E-state index contributed by atoms with van der Waals surface area (Å²) in [7, 11) is 0. The first-order valence-corrected chi connectivity index (χ1v) is 9.89. The van der Waals surface area contributed by atoms with E-state index in [4.69, 9.17) is 11.6 Å². The summed E-state index contributed by atoms with van der Waals surface area (Å²) >= 11 is 5.84. The third-order valence-electron chi connectivity index (χ3n) is 5.13. The van der Waals surface area contributed by atoms with Crippen LogP contribution in [-0.4, -0.2) is 21.5 Å². The zero-order valence-electron chi connectivity index (χ0n) is 16.2. The quantitative estimate of drug-likeness (QED) is 0.518. The molecule has 1 aromatic carbocycles.